The number of anilines is 1. The van der Waals surface area contributed by atoms with E-state index in [0.29, 0.717) is 40.7 Å². The van der Waals surface area contributed by atoms with Crippen molar-refractivity contribution in [3.63, 3.8) is 0 Å². The maximum atomic E-state index is 14.2. The van der Waals surface area contributed by atoms with Gasteiger partial charge < -0.3 is 18.9 Å². The molecule has 0 radical (unpaired) electrons. The van der Waals surface area contributed by atoms with Crippen molar-refractivity contribution in [3.8, 4) is 17.2 Å². The van der Waals surface area contributed by atoms with Gasteiger partial charge in [-0.15, -0.1) is 0 Å². The highest BCUT2D eigenvalue weighted by molar-refractivity contribution is 6.24. The lowest BCUT2D eigenvalue weighted by molar-refractivity contribution is -0.152. The van der Waals surface area contributed by atoms with Gasteiger partial charge in [0.05, 0.1) is 45.5 Å². The number of methoxy groups -OCH3 is 3. The van der Waals surface area contributed by atoms with E-state index in [4.69, 9.17) is 18.9 Å². The normalized spacial score (nSPS) is 23.9. The fourth-order valence-corrected chi connectivity index (χ4v) is 5.80. The third-order valence-corrected chi connectivity index (χ3v) is 7.48. The number of imide groups is 1. The number of fused-ring (bicyclic) bond motifs is 1. The molecule has 9 heteroatoms. The summed E-state index contributed by atoms with van der Waals surface area (Å²) in [5.41, 5.74) is -0.0837. The molecule has 9 nitrogen and oxygen atoms in total. The first kappa shape index (κ1) is 26.2. The summed E-state index contributed by atoms with van der Waals surface area (Å²) in [5, 5.41) is 3.38. The fraction of sp³-hybridized carbons (Fsp3) is 0.300. The number of benzene rings is 3. The first-order chi connectivity index (χ1) is 18.9. The molecule has 2 aliphatic rings. The maximum absolute atomic E-state index is 14.2. The second-order valence-electron chi connectivity index (χ2n) is 9.34. The number of carbonyl (C=O) groups excluding carboxylic acids is 3. The van der Waals surface area contributed by atoms with Crippen molar-refractivity contribution < 1.29 is 33.3 Å². The molecule has 0 aromatic heterocycles. The smallest absolute Gasteiger partial charge is 0.331 e. The summed E-state index contributed by atoms with van der Waals surface area (Å²) in [6.45, 7) is 2.36. The zero-order chi connectivity index (χ0) is 27.7. The maximum Gasteiger partial charge on any atom is 0.331 e. The molecule has 0 bridgehead atoms. The average Bonchev–Trinajstić information content (AvgIpc) is 3.47. The third kappa shape index (κ3) is 4.10. The highest BCUT2D eigenvalue weighted by atomic mass is 16.5. The van der Waals surface area contributed by atoms with Gasteiger partial charge in [-0.3, -0.25) is 14.9 Å². The molecule has 2 aliphatic heterocycles. The van der Waals surface area contributed by atoms with Crippen molar-refractivity contribution in [2.75, 3.05) is 32.8 Å². The number of amides is 2. The molecular formula is C30H30N2O7. The molecule has 5 rings (SSSR count). The second kappa shape index (κ2) is 10.4. The van der Waals surface area contributed by atoms with Gasteiger partial charge in [-0.2, -0.15) is 0 Å². The Morgan fingerprint density at radius 3 is 2.21 bits per heavy atom. The van der Waals surface area contributed by atoms with Crippen LogP contribution in [0.1, 0.15) is 24.1 Å². The Labute approximate surface area is 226 Å². The quantitative estimate of drug-likeness (QED) is 0.348. The van der Waals surface area contributed by atoms with Crippen LogP contribution in [-0.4, -0.2) is 45.7 Å². The fourth-order valence-electron chi connectivity index (χ4n) is 5.80. The van der Waals surface area contributed by atoms with Crippen molar-refractivity contribution >= 4 is 23.5 Å². The molecule has 3 aromatic carbocycles. The minimum Gasteiger partial charge on any atom is -0.497 e. The lowest BCUT2D eigenvalue weighted by Gasteiger charge is -2.33. The van der Waals surface area contributed by atoms with E-state index >= 15 is 0 Å². The van der Waals surface area contributed by atoms with Crippen LogP contribution in [-0.2, 0) is 24.7 Å². The van der Waals surface area contributed by atoms with Gasteiger partial charge in [0.25, 0.3) is 0 Å². The molecule has 2 amide bonds. The Balaban J connectivity index is 1.70. The van der Waals surface area contributed by atoms with Crippen LogP contribution in [0.3, 0.4) is 0 Å². The van der Waals surface area contributed by atoms with Gasteiger partial charge >= 0.3 is 5.97 Å². The van der Waals surface area contributed by atoms with E-state index in [1.165, 1.54) is 14.2 Å². The predicted octanol–water partition coefficient (Wildman–Crippen LogP) is 3.62. The number of nitrogens with zero attached hydrogens (tertiary/aromatic N) is 1. The van der Waals surface area contributed by atoms with Gasteiger partial charge in [0.2, 0.25) is 11.8 Å². The van der Waals surface area contributed by atoms with E-state index in [0.717, 1.165) is 4.90 Å². The van der Waals surface area contributed by atoms with Gasteiger partial charge in [-0.05, 0) is 42.8 Å². The molecule has 0 aliphatic carbocycles. The van der Waals surface area contributed by atoms with Gasteiger partial charge in [-0.25, -0.2) is 9.69 Å². The molecule has 2 heterocycles. The van der Waals surface area contributed by atoms with Crippen molar-refractivity contribution in [1.82, 2.24) is 5.32 Å². The molecule has 0 unspecified atom stereocenters. The largest absolute Gasteiger partial charge is 0.497 e. The number of rotatable bonds is 8. The third-order valence-electron chi connectivity index (χ3n) is 7.48. The van der Waals surface area contributed by atoms with Gasteiger partial charge in [0, 0.05) is 17.7 Å². The molecular weight excluding hydrogens is 500 g/mol. The van der Waals surface area contributed by atoms with Gasteiger partial charge in [0.1, 0.15) is 17.2 Å². The Morgan fingerprint density at radius 1 is 0.897 bits per heavy atom. The minimum absolute atomic E-state index is 0.398. The summed E-state index contributed by atoms with van der Waals surface area (Å²) < 4.78 is 21.8. The topological polar surface area (TPSA) is 103 Å². The predicted molar refractivity (Wildman–Crippen MR) is 143 cm³/mol. The molecule has 4 atom stereocenters. The highest BCUT2D eigenvalue weighted by Crippen LogP contribution is 2.55. The van der Waals surface area contributed by atoms with Crippen LogP contribution >= 0.6 is 0 Å². The number of hydrogen-bond acceptors (Lipinski definition) is 8. The molecule has 202 valence electrons. The van der Waals surface area contributed by atoms with Crippen LogP contribution in [0.15, 0.2) is 72.8 Å². The summed E-state index contributed by atoms with van der Waals surface area (Å²) in [6.07, 6.45) is 0. The van der Waals surface area contributed by atoms with E-state index in [1.54, 1.807) is 73.8 Å². The monoisotopic (exact) mass is 530 g/mol. The van der Waals surface area contributed by atoms with E-state index in [-0.39, 0.29) is 0 Å². The molecule has 1 N–H and O–H groups in total. The van der Waals surface area contributed by atoms with Gasteiger partial charge in [-0.1, -0.05) is 36.4 Å². The van der Waals surface area contributed by atoms with E-state index in [1.807, 2.05) is 13.0 Å². The number of ether oxygens (including phenoxy) is 4. The van der Waals surface area contributed by atoms with E-state index < -0.39 is 41.2 Å². The second-order valence-corrected chi connectivity index (χ2v) is 9.34. The zero-order valence-corrected chi connectivity index (χ0v) is 22.2. The standard InChI is InChI=1S/C30H30N2O7/c1-5-39-20-13-11-19(12-14-20)32-27(33)24-25(28(32)34)30(29(35)38-4,18-9-7-6-8-10-18)31-26(24)22-16-15-21(36-2)17-23(22)37-3/h6-17,24-26,31H,5H2,1-4H3/t24-,25+,26-,30-/m1/s1. The molecule has 39 heavy (non-hydrogen) atoms. The molecule has 0 spiro atoms. The summed E-state index contributed by atoms with van der Waals surface area (Å²) >= 11 is 0. The SMILES string of the molecule is CCOc1ccc(N2C(=O)[C@H]3[C@@H](c4ccc(OC)cc4OC)N[C@](C(=O)OC)(c4ccccc4)[C@@H]3C2=O)cc1. The number of carbonyl (C=O) groups is 3. The van der Waals surface area contributed by atoms with Crippen LogP contribution in [0.4, 0.5) is 5.69 Å². The number of nitrogens with one attached hydrogen (secondary N) is 1. The average molecular weight is 531 g/mol. The molecule has 0 saturated carbocycles. The Kier molecular flexibility index (Phi) is 7.01. The highest BCUT2D eigenvalue weighted by Gasteiger charge is 2.70. The first-order valence-corrected chi connectivity index (χ1v) is 12.7. The summed E-state index contributed by atoms with van der Waals surface area (Å²) in [7, 11) is 4.34. The Bertz CT molecular complexity index is 1390. The van der Waals surface area contributed by atoms with Crippen molar-refractivity contribution in [1.29, 1.82) is 0 Å². The van der Waals surface area contributed by atoms with Crippen LogP contribution in [0.25, 0.3) is 0 Å². The van der Waals surface area contributed by atoms with Crippen LogP contribution in [0.2, 0.25) is 0 Å². The number of esters is 1. The van der Waals surface area contributed by atoms with Crippen LogP contribution in [0.5, 0.6) is 17.2 Å². The first-order valence-electron chi connectivity index (χ1n) is 12.7. The Hall–Kier alpha value is -4.37. The zero-order valence-electron chi connectivity index (χ0n) is 22.2. The minimum atomic E-state index is -1.62. The number of hydrogen-bond donors (Lipinski definition) is 1. The lowest BCUT2D eigenvalue weighted by Crippen LogP contribution is -2.53. The summed E-state index contributed by atoms with van der Waals surface area (Å²) in [4.78, 5) is 43.2. The summed E-state index contributed by atoms with van der Waals surface area (Å²) in [6, 6.07) is 20.1. The van der Waals surface area contributed by atoms with Crippen LogP contribution < -0.4 is 24.4 Å². The lowest BCUT2D eigenvalue weighted by atomic mass is 9.75. The molecule has 2 fully saturated rings. The van der Waals surface area contributed by atoms with Crippen molar-refractivity contribution in [2.45, 2.75) is 18.5 Å². The summed E-state index contributed by atoms with van der Waals surface area (Å²) in [5.74, 6) is -1.94. The Morgan fingerprint density at radius 2 is 1.59 bits per heavy atom. The van der Waals surface area contributed by atoms with Crippen molar-refractivity contribution in [2.24, 2.45) is 11.8 Å². The molecule has 2 saturated heterocycles. The molecule has 3 aromatic rings. The van der Waals surface area contributed by atoms with Crippen molar-refractivity contribution in [3.05, 3.63) is 83.9 Å². The van der Waals surface area contributed by atoms with Crippen LogP contribution in [0, 0.1) is 11.8 Å². The van der Waals surface area contributed by atoms with Gasteiger partial charge in [0.15, 0.2) is 5.54 Å². The van der Waals surface area contributed by atoms with E-state index in [2.05, 4.69) is 5.32 Å². The van der Waals surface area contributed by atoms with E-state index in [9.17, 15) is 14.4 Å².